The maximum absolute atomic E-state index is 5.39. The first kappa shape index (κ1) is 13.9. The number of aromatic nitrogens is 2. The third-order valence-corrected chi connectivity index (χ3v) is 4.21. The topological polar surface area (TPSA) is 30.3 Å². The summed E-state index contributed by atoms with van der Waals surface area (Å²) in [6, 6.07) is 8.78. The summed E-state index contributed by atoms with van der Waals surface area (Å²) in [5, 5.41) is 2.49. The average Bonchev–Trinajstić information content (AvgIpc) is 2.81. The third-order valence-electron chi connectivity index (χ3n) is 4.21. The minimum atomic E-state index is 0.440. The van der Waals surface area contributed by atoms with Gasteiger partial charge in [-0.3, -0.25) is 4.98 Å². The van der Waals surface area contributed by atoms with Crippen LogP contribution in [0.5, 0.6) is 5.75 Å². The van der Waals surface area contributed by atoms with Gasteiger partial charge < -0.3 is 14.2 Å². The summed E-state index contributed by atoms with van der Waals surface area (Å²) in [6.07, 6.45) is 3.80. The van der Waals surface area contributed by atoms with E-state index in [1.165, 1.54) is 21.8 Å². The van der Waals surface area contributed by atoms with Gasteiger partial charge in [-0.15, -0.1) is 0 Å². The van der Waals surface area contributed by atoms with Crippen molar-refractivity contribution in [1.29, 1.82) is 0 Å². The van der Waals surface area contributed by atoms with Crippen LogP contribution in [0.4, 0.5) is 0 Å². The predicted molar refractivity (Wildman–Crippen MR) is 86.9 cm³/mol. The molecule has 2 heterocycles. The van der Waals surface area contributed by atoms with Gasteiger partial charge in [0.05, 0.1) is 24.3 Å². The third kappa shape index (κ3) is 2.36. The molecule has 0 N–H and O–H groups in total. The lowest BCUT2D eigenvalue weighted by Crippen LogP contribution is -2.29. The van der Waals surface area contributed by atoms with Crippen LogP contribution in [0, 0.1) is 0 Å². The lowest BCUT2D eigenvalue weighted by molar-refractivity contribution is 0.288. The van der Waals surface area contributed by atoms with Crippen molar-refractivity contribution >= 4 is 21.8 Å². The van der Waals surface area contributed by atoms with Gasteiger partial charge in [0.25, 0.3) is 0 Å². The largest absolute Gasteiger partial charge is 0.497 e. The number of methoxy groups -OCH3 is 1. The fourth-order valence-corrected chi connectivity index (χ4v) is 2.67. The molecule has 0 saturated heterocycles. The Bertz CT molecular complexity index is 776. The molecule has 1 unspecified atom stereocenters. The summed E-state index contributed by atoms with van der Waals surface area (Å²) in [7, 11) is 5.92. The molecule has 0 amide bonds. The minimum absolute atomic E-state index is 0.440. The lowest BCUT2D eigenvalue weighted by Gasteiger charge is -2.21. The maximum Gasteiger partial charge on any atom is 0.120 e. The van der Waals surface area contributed by atoms with E-state index in [-0.39, 0.29) is 0 Å². The molecule has 110 valence electrons. The van der Waals surface area contributed by atoms with Crippen molar-refractivity contribution in [2.45, 2.75) is 19.5 Å². The van der Waals surface area contributed by atoms with Gasteiger partial charge in [0, 0.05) is 35.6 Å². The molecule has 0 saturated carbocycles. The molecule has 0 spiro atoms. The van der Waals surface area contributed by atoms with Gasteiger partial charge >= 0.3 is 0 Å². The SMILES string of the molecule is COc1ccc2c3ccncc3n(CC(C)N(C)C)c2c1. The fourth-order valence-electron chi connectivity index (χ4n) is 2.67. The van der Waals surface area contributed by atoms with Crippen LogP contribution in [0.3, 0.4) is 0 Å². The molecule has 1 atom stereocenters. The molecule has 2 aromatic heterocycles. The molecule has 0 radical (unpaired) electrons. The Morgan fingerprint density at radius 3 is 2.67 bits per heavy atom. The van der Waals surface area contributed by atoms with E-state index in [4.69, 9.17) is 4.74 Å². The number of fused-ring (bicyclic) bond motifs is 3. The van der Waals surface area contributed by atoms with Gasteiger partial charge in [-0.25, -0.2) is 0 Å². The molecule has 0 bridgehead atoms. The van der Waals surface area contributed by atoms with Gasteiger partial charge in [-0.1, -0.05) is 0 Å². The van der Waals surface area contributed by atoms with E-state index < -0.39 is 0 Å². The second-order valence-electron chi connectivity index (χ2n) is 5.70. The summed E-state index contributed by atoms with van der Waals surface area (Å²) in [5.41, 5.74) is 2.38. The molecule has 4 nitrogen and oxygen atoms in total. The second kappa shape index (κ2) is 5.37. The zero-order valence-electron chi connectivity index (χ0n) is 13.0. The van der Waals surface area contributed by atoms with Crippen LogP contribution in [0.2, 0.25) is 0 Å². The molecular formula is C17H21N3O. The normalized spacial score (nSPS) is 13.2. The Kier molecular flexibility index (Phi) is 3.55. The van der Waals surface area contributed by atoms with Crippen LogP contribution in [0.1, 0.15) is 6.92 Å². The standard InChI is InChI=1S/C17H21N3O/c1-12(19(2)3)11-20-16-9-13(21-4)5-6-14(16)15-7-8-18-10-17(15)20/h5-10,12H,11H2,1-4H3. The number of rotatable bonds is 4. The average molecular weight is 283 g/mol. The van der Waals surface area contributed by atoms with Crippen molar-refractivity contribution in [3.8, 4) is 5.75 Å². The van der Waals surface area contributed by atoms with Crippen LogP contribution in [-0.2, 0) is 6.54 Å². The van der Waals surface area contributed by atoms with E-state index in [9.17, 15) is 0 Å². The van der Waals surface area contributed by atoms with Gasteiger partial charge in [-0.05, 0) is 39.2 Å². The molecule has 4 heteroatoms. The van der Waals surface area contributed by atoms with Crippen LogP contribution >= 0.6 is 0 Å². The highest BCUT2D eigenvalue weighted by Gasteiger charge is 2.14. The first-order chi connectivity index (χ1) is 10.1. The van der Waals surface area contributed by atoms with Crippen LogP contribution in [-0.4, -0.2) is 41.7 Å². The Labute approximate surface area is 124 Å². The first-order valence-electron chi connectivity index (χ1n) is 7.18. The smallest absolute Gasteiger partial charge is 0.120 e. The van der Waals surface area contributed by atoms with E-state index >= 15 is 0 Å². The number of pyridine rings is 1. The fraction of sp³-hybridized carbons (Fsp3) is 0.353. The van der Waals surface area contributed by atoms with Gasteiger partial charge in [-0.2, -0.15) is 0 Å². The predicted octanol–water partition coefficient (Wildman–Crippen LogP) is 3.15. The van der Waals surface area contributed by atoms with E-state index in [1.54, 1.807) is 7.11 Å². The number of nitrogens with zero attached hydrogens (tertiary/aromatic N) is 3. The number of benzene rings is 1. The molecule has 3 aromatic rings. The monoisotopic (exact) mass is 283 g/mol. The molecule has 0 aliphatic heterocycles. The zero-order chi connectivity index (χ0) is 15.0. The van der Waals surface area contributed by atoms with Crippen molar-refractivity contribution < 1.29 is 4.74 Å². The Morgan fingerprint density at radius 2 is 1.95 bits per heavy atom. The van der Waals surface area contributed by atoms with E-state index in [1.807, 2.05) is 18.5 Å². The molecule has 21 heavy (non-hydrogen) atoms. The van der Waals surface area contributed by atoms with Crippen LogP contribution in [0.25, 0.3) is 21.8 Å². The maximum atomic E-state index is 5.39. The molecule has 1 aromatic carbocycles. The molecular weight excluding hydrogens is 262 g/mol. The minimum Gasteiger partial charge on any atom is -0.497 e. The van der Waals surface area contributed by atoms with Crippen molar-refractivity contribution in [3.63, 3.8) is 0 Å². The quantitative estimate of drug-likeness (QED) is 0.737. The lowest BCUT2D eigenvalue weighted by atomic mass is 10.2. The molecule has 0 aliphatic carbocycles. The Hall–Kier alpha value is -2.07. The summed E-state index contributed by atoms with van der Waals surface area (Å²) >= 11 is 0. The summed E-state index contributed by atoms with van der Waals surface area (Å²) in [4.78, 5) is 6.53. The van der Waals surface area contributed by atoms with E-state index in [2.05, 4.69) is 53.7 Å². The summed E-state index contributed by atoms with van der Waals surface area (Å²) < 4.78 is 7.72. The van der Waals surface area contributed by atoms with E-state index in [0.29, 0.717) is 6.04 Å². The molecule has 3 rings (SSSR count). The highest BCUT2D eigenvalue weighted by atomic mass is 16.5. The number of ether oxygens (including phenoxy) is 1. The van der Waals surface area contributed by atoms with Gasteiger partial charge in [0.1, 0.15) is 5.75 Å². The van der Waals surface area contributed by atoms with Crippen molar-refractivity contribution in [1.82, 2.24) is 14.5 Å². The summed E-state index contributed by atoms with van der Waals surface area (Å²) in [6.45, 7) is 3.15. The van der Waals surface area contributed by atoms with Gasteiger partial charge in [0.15, 0.2) is 0 Å². The first-order valence-corrected chi connectivity index (χ1v) is 7.18. The van der Waals surface area contributed by atoms with Crippen molar-refractivity contribution in [2.24, 2.45) is 0 Å². The van der Waals surface area contributed by atoms with E-state index in [0.717, 1.165) is 12.3 Å². The highest BCUT2D eigenvalue weighted by molar-refractivity contribution is 6.08. The van der Waals surface area contributed by atoms with Gasteiger partial charge in [0.2, 0.25) is 0 Å². The number of hydrogen-bond donors (Lipinski definition) is 0. The highest BCUT2D eigenvalue weighted by Crippen LogP contribution is 2.31. The van der Waals surface area contributed by atoms with Crippen LogP contribution in [0.15, 0.2) is 36.7 Å². The van der Waals surface area contributed by atoms with Crippen molar-refractivity contribution in [3.05, 3.63) is 36.7 Å². The van der Waals surface area contributed by atoms with Crippen molar-refractivity contribution in [2.75, 3.05) is 21.2 Å². The molecule has 0 fully saturated rings. The Morgan fingerprint density at radius 1 is 1.19 bits per heavy atom. The number of hydrogen-bond acceptors (Lipinski definition) is 3. The van der Waals surface area contributed by atoms with Crippen LogP contribution < -0.4 is 4.74 Å². The molecule has 0 aliphatic rings. The zero-order valence-corrected chi connectivity index (χ0v) is 13.0. The number of likely N-dealkylation sites (N-methyl/N-ethyl adjacent to an activating group) is 1. The summed E-state index contributed by atoms with van der Waals surface area (Å²) in [5.74, 6) is 0.886. The Balaban J connectivity index is 2.26. The second-order valence-corrected chi connectivity index (χ2v) is 5.70.